The Hall–Kier alpha value is -1.77. The summed E-state index contributed by atoms with van der Waals surface area (Å²) in [5, 5.41) is 1.04. The molecule has 1 fully saturated rings. The molecule has 0 radical (unpaired) electrons. The number of likely N-dealkylation sites (tertiary alicyclic amines) is 1. The number of benzene rings is 1. The van der Waals surface area contributed by atoms with E-state index in [2.05, 4.69) is 6.92 Å². The second kappa shape index (κ2) is 4.72. The summed E-state index contributed by atoms with van der Waals surface area (Å²) in [6, 6.07) is 8.14. The van der Waals surface area contributed by atoms with E-state index in [0.29, 0.717) is 11.8 Å². The van der Waals surface area contributed by atoms with Crippen LogP contribution in [0, 0.1) is 6.92 Å². The summed E-state index contributed by atoms with van der Waals surface area (Å²) in [7, 11) is 0. The van der Waals surface area contributed by atoms with Gasteiger partial charge in [-0.3, -0.25) is 4.79 Å². The van der Waals surface area contributed by atoms with Crippen LogP contribution in [0.25, 0.3) is 11.0 Å². The molecule has 3 rings (SSSR count). The van der Waals surface area contributed by atoms with Gasteiger partial charge in [-0.15, -0.1) is 0 Å². The molecule has 19 heavy (non-hydrogen) atoms. The summed E-state index contributed by atoms with van der Waals surface area (Å²) in [6.07, 6.45) is 3.39. The second-order valence-electron chi connectivity index (χ2n) is 5.40. The first kappa shape index (κ1) is 12.3. The number of hydrogen-bond donors (Lipinski definition) is 0. The molecule has 0 saturated carbocycles. The molecule has 0 spiro atoms. The molecular weight excluding hydrogens is 238 g/mol. The van der Waals surface area contributed by atoms with E-state index in [0.717, 1.165) is 35.9 Å². The molecule has 3 heteroatoms. The molecule has 1 saturated heterocycles. The Morgan fingerprint density at radius 3 is 2.84 bits per heavy atom. The molecular formula is C16H19NO2. The molecule has 0 N–H and O–H groups in total. The molecule has 1 aliphatic heterocycles. The van der Waals surface area contributed by atoms with Crippen molar-refractivity contribution in [1.29, 1.82) is 0 Å². The number of rotatable bonds is 1. The van der Waals surface area contributed by atoms with Crippen LogP contribution in [0.2, 0.25) is 0 Å². The highest BCUT2D eigenvalue weighted by atomic mass is 16.3. The summed E-state index contributed by atoms with van der Waals surface area (Å²) in [6.45, 7) is 4.93. The highest BCUT2D eigenvalue weighted by Crippen LogP contribution is 2.28. The Morgan fingerprint density at radius 2 is 2.11 bits per heavy atom. The smallest absolute Gasteiger partial charge is 0.290 e. The van der Waals surface area contributed by atoms with E-state index in [1.165, 1.54) is 6.42 Å². The van der Waals surface area contributed by atoms with E-state index in [4.69, 9.17) is 4.42 Å². The van der Waals surface area contributed by atoms with Crippen LogP contribution < -0.4 is 0 Å². The van der Waals surface area contributed by atoms with Crippen LogP contribution >= 0.6 is 0 Å². The van der Waals surface area contributed by atoms with Gasteiger partial charge < -0.3 is 9.32 Å². The highest BCUT2D eigenvalue weighted by Gasteiger charge is 2.28. The number of aryl methyl sites for hydroxylation is 1. The molecule has 1 unspecified atom stereocenters. The van der Waals surface area contributed by atoms with Crippen molar-refractivity contribution in [2.24, 2.45) is 0 Å². The lowest BCUT2D eigenvalue weighted by molar-refractivity contribution is 0.0604. The second-order valence-corrected chi connectivity index (χ2v) is 5.40. The van der Waals surface area contributed by atoms with Crippen LogP contribution in [-0.2, 0) is 0 Å². The minimum atomic E-state index is 0.0425. The molecule has 0 aliphatic carbocycles. The summed E-state index contributed by atoms with van der Waals surface area (Å²) in [5.41, 5.74) is 1.76. The standard InChI is InChI=1S/C16H19NO2/c1-11-7-5-6-10-17(11)16(18)15-12(2)13-8-3-4-9-14(13)19-15/h3-4,8-9,11H,5-7,10H2,1-2H3. The molecule has 2 heterocycles. The Kier molecular flexibility index (Phi) is 3.05. The fourth-order valence-corrected chi connectivity index (χ4v) is 2.91. The van der Waals surface area contributed by atoms with Gasteiger partial charge in [-0.05, 0) is 39.2 Å². The van der Waals surface area contributed by atoms with Crippen LogP contribution in [-0.4, -0.2) is 23.4 Å². The maximum atomic E-state index is 12.6. The first-order valence-electron chi connectivity index (χ1n) is 6.97. The van der Waals surface area contributed by atoms with Crippen molar-refractivity contribution in [2.75, 3.05) is 6.54 Å². The van der Waals surface area contributed by atoms with Crippen molar-refractivity contribution in [3.63, 3.8) is 0 Å². The number of piperidine rings is 1. The monoisotopic (exact) mass is 257 g/mol. The molecule has 2 aromatic rings. The fourth-order valence-electron chi connectivity index (χ4n) is 2.91. The lowest BCUT2D eigenvalue weighted by Gasteiger charge is -2.32. The molecule has 100 valence electrons. The molecule has 1 aromatic carbocycles. The normalized spacial score (nSPS) is 19.9. The van der Waals surface area contributed by atoms with E-state index in [1.807, 2.05) is 36.1 Å². The Morgan fingerprint density at radius 1 is 1.32 bits per heavy atom. The van der Waals surface area contributed by atoms with Gasteiger partial charge in [0.15, 0.2) is 5.76 Å². The predicted molar refractivity (Wildman–Crippen MR) is 75.3 cm³/mol. The minimum Gasteiger partial charge on any atom is -0.451 e. The van der Waals surface area contributed by atoms with Gasteiger partial charge in [-0.25, -0.2) is 0 Å². The number of carbonyl (C=O) groups is 1. The van der Waals surface area contributed by atoms with E-state index in [9.17, 15) is 4.79 Å². The lowest BCUT2D eigenvalue weighted by atomic mass is 10.0. The Balaban J connectivity index is 1.99. The Labute approximate surface area is 113 Å². The zero-order valence-corrected chi connectivity index (χ0v) is 11.5. The number of carbonyl (C=O) groups excluding carboxylic acids is 1. The zero-order valence-electron chi connectivity index (χ0n) is 11.5. The van der Waals surface area contributed by atoms with Crippen LogP contribution in [0.3, 0.4) is 0 Å². The molecule has 1 amide bonds. The number of furan rings is 1. The van der Waals surface area contributed by atoms with Gasteiger partial charge in [0.05, 0.1) is 0 Å². The number of nitrogens with zero attached hydrogens (tertiary/aromatic N) is 1. The summed E-state index contributed by atoms with van der Waals surface area (Å²) in [5.74, 6) is 0.552. The maximum absolute atomic E-state index is 12.6. The third-order valence-electron chi connectivity index (χ3n) is 4.10. The maximum Gasteiger partial charge on any atom is 0.290 e. The molecule has 3 nitrogen and oxygen atoms in total. The first-order valence-corrected chi connectivity index (χ1v) is 6.97. The van der Waals surface area contributed by atoms with Gasteiger partial charge in [0.1, 0.15) is 5.58 Å². The highest BCUT2D eigenvalue weighted by molar-refractivity contribution is 5.99. The third kappa shape index (κ3) is 2.03. The number of fused-ring (bicyclic) bond motifs is 1. The SMILES string of the molecule is Cc1c(C(=O)N2CCCCC2C)oc2ccccc12. The molecule has 0 bridgehead atoms. The van der Waals surface area contributed by atoms with Crippen molar-refractivity contribution in [2.45, 2.75) is 39.2 Å². The van der Waals surface area contributed by atoms with E-state index < -0.39 is 0 Å². The molecule has 1 aliphatic rings. The van der Waals surface area contributed by atoms with Gasteiger partial charge in [0, 0.05) is 23.5 Å². The summed E-state index contributed by atoms with van der Waals surface area (Å²) >= 11 is 0. The van der Waals surface area contributed by atoms with Gasteiger partial charge in [-0.1, -0.05) is 18.2 Å². The quantitative estimate of drug-likeness (QED) is 0.779. The van der Waals surface area contributed by atoms with Crippen LogP contribution in [0.5, 0.6) is 0 Å². The van der Waals surface area contributed by atoms with Crippen molar-refractivity contribution in [3.05, 3.63) is 35.6 Å². The predicted octanol–water partition coefficient (Wildman–Crippen LogP) is 3.76. The van der Waals surface area contributed by atoms with Crippen molar-refractivity contribution < 1.29 is 9.21 Å². The topological polar surface area (TPSA) is 33.5 Å². The van der Waals surface area contributed by atoms with Crippen molar-refractivity contribution >= 4 is 16.9 Å². The van der Waals surface area contributed by atoms with Crippen LogP contribution in [0.1, 0.15) is 42.3 Å². The zero-order chi connectivity index (χ0) is 13.4. The van der Waals surface area contributed by atoms with Crippen LogP contribution in [0.15, 0.2) is 28.7 Å². The van der Waals surface area contributed by atoms with Crippen molar-refractivity contribution in [1.82, 2.24) is 4.90 Å². The van der Waals surface area contributed by atoms with Gasteiger partial charge in [0.2, 0.25) is 0 Å². The summed E-state index contributed by atoms with van der Waals surface area (Å²) in [4.78, 5) is 14.6. The fraction of sp³-hybridized carbons (Fsp3) is 0.438. The van der Waals surface area contributed by atoms with E-state index >= 15 is 0 Å². The average Bonchev–Trinajstić information content (AvgIpc) is 2.77. The average molecular weight is 257 g/mol. The van der Waals surface area contributed by atoms with E-state index in [1.54, 1.807) is 0 Å². The number of para-hydroxylation sites is 1. The van der Waals surface area contributed by atoms with Crippen LogP contribution in [0.4, 0.5) is 0 Å². The number of amides is 1. The third-order valence-corrected chi connectivity index (χ3v) is 4.10. The first-order chi connectivity index (χ1) is 9.18. The van der Waals surface area contributed by atoms with Gasteiger partial charge >= 0.3 is 0 Å². The summed E-state index contributed by atoms with van der Waals surface area (Å²) < 4.78 is 5.77. The molecule has 1 aromatic heterocycles. The largest absolute Gasteiger partial charge is 0.451 e. The number of hydrogen-bond acceptors (Lipinski definition) is 2. The Bertz CT molecular complexity index is 614. The van der Waals surface area contributed by atoms with Gasteiger partial charge in [-0.2, -0.15) is 0 Å². The minimum absolute atomic E-state index is 0.0425. The lowest BCUT2D eigenvalue weighted by Crippen LogP contribution is -2.42. The molecule has 1 atom stereocenters. The van der Waals surface area contributed by atoms with Gasteiger partial charge in [0.25, 0.3) is 5.91 Å². The van der Waals surface area contributed by atoms with E-state index in [-0.39, 0.29) is 5.91 Å². The van der Waals surface area contributed by atoms with Crippen molar-refractivity contribution in [3.8, 4) is 0 Å².